The molecule has 408 valence electrons. The first-order valence-corrected chi connectivity index (χ1v) is 29.1. The first-order chi connectivity index (χ1) is 34.3. The van der Waals surface area contributed by atoms with E-state index in [0.29, 0.717) is 19.3 Å². The molecule has 0 aromatic rings. The summed E-state index contributed by atoms with van der Waals surface area (Å²) >= 11 is 0. The molecule has 1 heterocycles. The summed E-state index contributed by atoms with van der Waals surface area (Å²) in [5, 5.41) is 65.0. The smallest absolute Gasteiger partial charge is 0.249 e. The van der Waals surface area contributed by atoms with Crippen molar-refractivity contribution in [2.24, 2.45) is 0 Å². The largest absolute Gasteiger partial charge is 0.394 e. The maximum Gasteiger partial charge on any atom is 0.249 e. The summed E-state index contributed by atoms with van der Waals surface area (Å²) in [4.78, 5) is 13.1. The number of unbranched alkanes of at least 4 members (excludes halogenated alkanes) is 30. The van der Waals surface area contributed by atoms with Crippen LogP contribution < -0.4 is 5.32 Å². The Kier molecular flexibility index (Phi) is 46.2. The second-order valence-electron chi connectivity index (χ2n) is 20.2. The molecule has 0 radical (unpaired) electrons. The number of hydrogen-bond acceptors (Lipinski definition) is 9. The Balaban J connectivity index is 2.27. The predicted molar refractivity (Wildman–Crippen MR) is 292 cm³/mol. The molecule has 0 saturated carbocycles. The van der Waals surface area contributed by atoms with Crippen LogP contribution in [0.5, 0.6) is 0 Å². The molecule has 1 amide bonds. The number of carbonyl (C=O) groups is 1. The fraction of sp³-hybridized carbons (Fsp3) is 0.817. The molecule has 1 aliphatic rings. The number of nitrogens with one attached hydrogen (secondary N) is 1. The molecule has 8 unspecified atom stereocenters. The highest BCUT2D eigenvalue weighted by molar-refractivity contribution is 5.80. The van der Waals surface area contributed by atoms with E-state index in [0.717, 1.165) is 51.4 Å². The van der Waals surface area contributed by atoms with E-state index in [9.17, 15) is 35.4 Å². The highest BCUT2D eigenvalue weighted by Crippen LogP contribution is 2.23. The summed E-state index contributed by atoms with van der Waals surface area (Å²) in [5.74, 6) is -0.631. The van der Waals surface area contributed by atoms with E-state index in [-0.39, 0.29) is 6.61 Å². The van der Waals surface area contributed by atoms with Gasteiger partial charge in [-0.1, -0.05) is 235 Å². The summed E-state index contributed by atoms with van der Waals surface area (Å²) in [7, 11) is 0. The van der Waals surface area contributed by atoms with Gasteiger partial charge in [0.15, 0.2) is 6.29 Å². The molecule has 0 aromatic carbocycles. The lowest BCUT2D eigenvalue weighted by atomic mass is 9.99. The van der Waals surface area contributed by atoms with Crippen LogP contribution in [-0.4, -0.2) is 98.7 Å². The first-order valence-electron chi connectivity index (χ1n) is 29.1. The number of ether oxygens (including phenoxy) is 2. The van der Waals surface area contributed by atoms with Crippen LogP contribution in [0.25, 0.3) is 0 Å². The molecule has 1 fully saturated rings. The lowest BCUT2D eigenvalue weighted by Crippen LogP contribution is -2.60. The van der Waals surface area contributed by atoms with Crippen LogP contribution in [0.4, 0.5) is 0 Å². The standard InChI is InChI=1S/C60H109NO9/c1-3-5-7-9-11-13-15-17-19-21-22-23-24-25-26-27-28-29-30-31-33-35-37-39-41-43-45-47-49-54(64)59(68)61-52(51-69-60-58(67)57(66)56(65)55(50-62)70-60)53(63)48-46-44-42-40-38-36-34-32-20-18-16-14-12-10-8-6-4-2/h20,22-23,25-26,32,38,40,46,48,52-58,60,62-67H,3-19,21,24,27-31,33-37,39,41-45,47,49-51H2,1-2H3,(H,61,68)/b23-22-,26-25-,32-20+,40-38+,48-46+. The fourth-order valence-electron chi connectivity index (χ4n) is 8.93. The van der Waals surface area contributed by atoms with Crippen molar-refractivity contribution >= 4 is 5.91 Å². The molecule has 0 bridgehead atoms. The van der Waals surface area contributed by atoms with Crippen molar-refractivity contribution in [3.05, 3.63) is 60.8 Å². The number of rotatable bonds is 49. The van der Waals surface area contributed by atoms with Gasteiger partial charge in [0.25, 0.3) is 0 Å². The molecule has 0 aromatic heterocycles. The van der Waals surface area contributed by atoms with Crippen molar-refractivity contribution in [2.75, 3.05) is 13.2 Å². The molecular weight excluding hydrogens is 879 g/mol. The number of hydrogen-bond donors (Lipinski definition) is 7. The van der Waals surface area contributed by atoms with Gasteiger partial charge in [0.1, 0.15) is 30.5 Å². The topological polar surface area (TPSA) is 169 Å². The first kappa shape index (κ1) is 65.9. The van der Waals surface area contributed by atoms with Crippen LogP contribution in [0, 0.1) is 0 Å². The number of aliphatic hydroxyl groups is 6. The zero-order valence-corrected chi connectivity index (χ0v) is 44.9. The quantitative estimate of drug-likeness (QED) is 0.0232. The van der Waals surface area contributed by atoms with Gasteiger partial charge in [0, 0.05) is 0 Å². The highest BCUT2D eigenvalue weighted by Gasteiger charge is 2.44. The SMILES string of the molecule is CCCCCCCCC/C=C/CC/C=C/CC/C=C/C(O)C(COC1OC(CO)C(O)C(O)C1O)NC(=O)C(O)CCCCCCCCCCCCCC/C=C\C/C=C\CCCCCCCCCCC. The summed E-state index contributed by atoms with van der Waals surface area (Å²) in [5.41, 5.74) is 0. The van der Waals surface area contributed by atoms with Gasteiger partial charge in [-0.05, 0) is 77.0 Å². The van der Waals surface area contributed by atoms with Crippen molar-refractivity contribution in [3.8, 4) is 0 Å². The van der Waals surface area contributed by atoms with Crippen LogP contribution in [-0.2, 0) is 14.3 Å². The third-order valence-corrected chi connectivity index (χ3v) is 13.7. The van der Waals surface area contributed by atoms with Crippen LogP contribution in [0.3, 0.4) is 0 Å². The Morgan fingerprint density at radius 3 is 1.33 bits per heavy atom. The van der Waals surface area contributed by atoms with Crippen LogP contribution in [0.1, 0.15) is 251 Å². The van der Waals surface area contributed by atoms with Crippen molar-refractivity contribution in [2.45, 2.75) is 300 Å². The maximum atomic E-state index is 13.1. The minimum absolute atomic E-state index is 0.297. The lowest BCUT2D eigenvalue weighted by molar-refractivity contribution is -0.302. The number of allylic oxidation sites excluding steroid dienone is 9. The normalized spacial score (nSPS) is 20.3. The van der Waals surface area contributed by atoms with Crippen molar-refractivity contribution in [1.29, 1.82) is 0 Å². The minimum Gasteiger partial charge on any atom is -0.394 e. The summed E-state index contributed by atoms with van der Waals surface area (Å²) in [6, 6.07) is -1.01. The van der Waals surface area contributed by atoms with E-state index in [1.165, 1.54) is 167 Å². The van der Waals surface area contributed by atoms with Crippen LogP contribution in [0.2, 0.25) is 0 Å². The van der Waals surface area contributed by atoms with Crippen LogP contribution in [0.15, 0.2) is 60.8 Å². The van der Waals surface area contributed by atoms with Crippen LogP contribution >= 0.6 is 0 Å². The predicted octanol–water partition coefficient (Wildman–Crippen LogP) is 13.3. The van der Waals surface area contributed by atoms with Gasteiger partial charge in [-0.25, -0.2) is 0 Å². The van der Waals surface area contributed by atoms with E-state index in [1.807, 2.05) is 6.08 Å². The van der Waals surface area contributed by atoms with Gasteiger partial charge in [0.05, 0.1) is 25.4 Å². The molecule has 8 atom stereocenters. The number of amides is 1. The van der Waals surface area contributed by atoms with E-state index in [2.05, 4.69) is 67.8 Å². The number of aliphatic hydroxyl groups excluding tert-OH is 6. The van der Waals surface area contributed by atoms with Crippen molar-refractivity contribution < 1.29 is 44.9 Å². The van der Waals surface area contributed by atoms with Gasteiger partial charge in [0.2, 0.25) is 5.91 Å². The monoisotopic (exact) mass is 988 g/mol. The Morgan fingerprint density at radius 1 is 0.500 bits per heavy atom. The van der Waals surface area contributed by atoms with Gasteiger partial charge < -0.3 is 45.4 Å². The summed E-state index contributed by atoms with van der Waals surface area (Å²) in [6.45, 7) is 3.60. The van der Waals surface area contributed by atoms with Crippen molar-refractivity contribution in [3.63, 3.8) is 0 Å². The third kappa shape index (κ3) is 37.6. The zero-order chi connectivity index (χ0) is 51.0. The van der Waals surface area contributed by atoms with Gasteiger partial charge >= 0.3 is 0 Å². The maximum absolute atomic E-state index is 13.1. The lowest BCUT2D eigenvalue weighted by Gasteiger charge is -2.40. The zero-order valence-electron chi connectivity index (χ0n) is 44.9. The van der Waals surface area contributed by atoms with E-state index in [1.54, 1.807) is 6.08 Å². The molecule has 1 saturated heterocycles. The average Bonchev–Trinajstić information content (AvgIpc) is 3.36. The average molecular weight is 989 g/mol. The highest BCUT2D eigenvalue weighted by atomic mass is 16.7. The van der Waals surface area contributed by atoms with Crippen molar-refractivity contribution in [1.82, 2.24) is 5.32 Å². The van der Waals surface area contributed by atoms with E-state index >= 15 is 0 Å². The molecule has 0 aliphatic carbocycles. The molecular formula is C60H109NO9. The van der Waals surface area contributed by atoms with Gasteiger partial charge in [-0.3, -0.25) is 4.79 Å². The van der Waals surface area contributed by atoms with E-state index < -0.39 is 61.5 Å². The molecule has 1 aliphatic heterocycles. The molecule has 1 rings (SSSR count). The van der Waals surface area contributed by atoms with E-state index in [4.69, 9.17) is 9.47 Å². The molecule has 10 nitrogen and oxygen atoms in total. The molecule has 0 spiro atoms. The molecule has 10 heteroatoms. The Morgan fingerprint density at radius 2 is 0.886 bits per heavy atom. The molecule has 7 N–H and O–H groups in total. The Hall–Kier alpha value is -2.15. The summed E-state index contributed by atoms with van der Waals surface area (Å²) < 4.78 is 11.2. The minimum atomic E-state index is -1.62. The number of carbonyl (C=O) groups excluding carboxylic acids is 1. The van der Waals surface area contributed by atoms with Gasteiger partial charge in [-0.15, -0.1) is 0 Å². The second-order valence-corrected chi connectivity index (χ2v) is 20.2. The Bertz CT molecular complexity index is 1300. The summed E-state index contributed by atoms with van der Waals surface area (Å²) in [6.07, 6.45) is 56.1. The Labute approximate surface area is 429 Å². The molecule has 70 heavy (non-hydrogen) atoms. The second kappa shape index (κ2) is 49.1. The van der Waals surface area contributed by atoms with Gasteiger partial charge in [-0.2, -0.15) is 0 Å². The third-order valence-electron chi connectivity index (χ3n) is 13.7. The fourth-order valence-corrected chi connectivity index (χ4v) is 8.93.